The third kappa shape index (κ3) is 2.26. The number of aromatic nitrogens is 2. The Kier molecular flexibility index (Phi) is 3.06. The topological polar surface area (TPSA) is 72.2 Å². The van der Waals surface area contributed by atoms with Crippen LogP contribution < -0.4 is 5.56 Å². The monoisotopic (exact) mass is 250 g/mol. The molecule has 0 aliphatic rings. The molecule has 2 heterocycles. The summed E-state index contributed by atoms with van der Waals surface area (Å²) in [4.78, 5) is 27.6. The van der Waals surface area contributed by atoms with Crippen molar-refractivity contribution < 1.29 is 9.90 Å². The van der Waals surface area contributed by atoms with Gasteiger partial charge in [-0.05, 0) is 12.5 Å². The van der Waals surface area contributed by atoms with E-state index in [1.54, 1.807) is 6.20 Å². The molecule has 0 atom stereocenters. The highest BCUT2D eigenvalue weighted by atomic mass is 32.1. The predicted octanol–water partition coefficient (Wildman–Crippen LogP) is 1.55. The van der Waals surface area contributed by atoms with Crippen LogP contribution in [0.3, 0.4) is 0 Å². The molecule has 0 radical (unpaired) electrons. The van der Waals surface area contributed by atoms with Gasteiger partial charge in [-0.15, -0.1) is 11.3 Å². The molecule has 1 N–H and O–H groups in total. The van der Waals surface area contributed by atoms with E-state index in [2.05, 4.69) is 4.98 Å². The minimum Gasteiger partial charge on any atom is -0.478 e. The van der Waals surface area contributed by atoms with Crippen molar-refractivity contribution in [2.24, 2.45) is 0 Å². The molecule has 0 aromatic carbocycles. The lowest BCUT2D eigenvalue weighted by molar-refractivity contribution is 0.0696. The third-order valence-corrected chi connectivity index (χ3v) is 3.39. The summed E-state index contributed by atoms with van der Waals surface area (Å²) in [5, 5.41) is 9.36. The number of carbonyl (C=O) groups is 1. The molecule has 0 spiro atoms. The van der Waals surface area contributed by atoms with Gasteiger partial charge in [0.2, 0.25) is 0 Å². The summed E-state index contributed by atoms with van der Waals surface area (Å²) in [6.45, 7) is 1.99. The standard InChI is InChI=1S/C11H10N2O3S/c1-2-8-5-12-11(17-8)13-6-7(10(15)16)3-4-9(13)14/h3-6H,2H2,1H3,(H,15,16). The number of nitrogens with zero attached hydrogens (tertiary/aromatic N) is 2. The van der Waals surface area contributed by atoms with Gasteiger partial charge in [-0.1, -0.05) is 6.92 Å². The fourth-order valence-electron chi connectivity index (χ4n) is 1.34. The van der Waals surface area contributed by atoms with Gasteiger partial charge >= 0.3 is 5.97 Å². The summed E-state index contributed by atoms with van der Waals surface area (Å²) in [6, 6.07) is 2.52. The van der Waals surface area contributed by atoms with Crippen molar-refractivity contribution in [3.05, 3.63) is 45.3 Å². The Morgan fingerprint density at radius 1 is 1.53 bits per heavy atom. The molecule has 17 heavy (non-hydrogen) atoms. The maximum absolute atomic E-state index is 11.6. The summed E-state index contributed by atoms with van der Waals surface area (Å²) in [5.41, 5.74) is -0.218. The van der Waals surface area contributed by atoms with E-state index in [9.17, 15) is 9.59 Å². The molecule has 0 unspecified atom stereocenters. The lowest BCUT2D eigenvalue weighted by Gasteiger charge is -2.01. The molecule has 0 saturated carbocycles. The van der Waals surface area contributed by atoms with Gasteiger partial charge in [-0.3, -0.25) is 9.36 Å². The highest BCUT2D eigenvalue weighted by Crippen LogP contribution is 2.16. The van der Waals surface area contributed by atoms with Crippen LogP contribution in [0.4, 0.5) is 0 Å². The summed E-state index contributed by atoms with van der Waals surface area (Å²) < 4.78 is 1.26. The van der Waals surface area contributed by atoms with E-state index in [1.807, 2.05) is 6.92 Å². The Balaban J connectivity index is 2.54. The maximum Gasteiger partial charge on any atom is 0.337 e. The number of hydrogen-bond acceptors (Lipinski definition) is 4. The van der Waals surface area contributed by atoms with Crippen molar-refractivity contribution >= 4 is 17.3 Å². The lowest BCUT2D eigenvalue weighted by atomic mass is 10.3. The molecule has 0 aliphatic carbocycles. The second-order valence-corrected chi connectivity index (χ2v) is 4.49. The number of aryl methyl sites for hydroxylation is 1. The first-order valence-corrected chi connectivity index (χ1v) is 5.84. The van der Waals surface area contributed by atoms with Crippen LogP contribution in [-0.4, -0.2) is 20.6 Å². The molecule has 5 nitrogen and oxygen atoms in total. The fraction of sp³-hybridized carbons (Fsp3) is 0.182. The van der Waals surface area contributed by atoms with Crippen LogP contribution in [0.5, 0.6) is 0 Å². The zero-order chi connectivity index (χ0) is 12.4. The Hall–Kier alpha value is -1.95. The summed E-state index contributed by atoms with van der Waals surface area (Å²) >= 11 is 1.38. The minimum atomic E-state index is -1.06. The van der Waals surface area contributed by atoms with Crippen molar-refractivity contribution in [1.82, 2.24) is 9.55 Å². The van der Waals surface area contributed by atoms with Crippen LogP contribution in [0.25, 0.3) is 5.13 Å². The van der Waals surface area contributed by atoms with Gasteiger partial charge < -0.3 is 5.11 Å². The number of pyridine rings is 1. The molecule has 0 aliphatic heterocycles. The second kappa shape index (κ2) is 4.50. The zero-order valence-corrected chi connectivity index (χ0v) is 9.90. The van der Waals surface area contributed by atoms with Gasteiger partial charge in [0.1, 0.15) is 0 Å². The van der Waals surface area contributed by atoms with Crippen molar-refractivity contribution in [3.63, 3.8) is 0 Å². The number of thiazole rings is 1. The van der Waals surface area contributed by atoms with Gasteiger partial charge in [0.25, 0.3) is 5.56 Å². The predicted molar refractivity (Wildman–Crippen MR) is 64.0 cm³/mol. The molecule has 2 aromatic heterocycles. The van der Waals surface area contributed by atoms with Crippen LogP contribution in [0.15, 0.2) is 29.3 Å². The van der Waals surface area contributed by atoms with Gasteiger partial charge in [-0.25, -0.2) is 9.78 Å². The SMILES string of the molecule is CCc1cnc(-n2cc(C(=O)O)ccc2=O)s1. The first kappa shape index (κ1) is 11.5. The Morgan fingerprint density at radius 3 is 2.88 bits per heavy atom. The number of carboxylic acid groups (broad SMARTS) is 1. The second-order valence-electron chi connectivity index (χ2n) is 3.39. The van der Waals surface area contributed by atoms with Crippen LogP contribution in [0.1, 0.15) is 22.2 Å². The third-order valence-electron chi connectivity index (χ3n) is 2.25. The van der Waals surface area contributed by atoms with Crippen LogP contribution in [-0.2, 0) is 6.42 Å². The molecular formula is C11H10N2O3S. The van der Waals surface area contributed by atoms with E-state index in [1.165, 1.54) is 34.2 Å². The Bertz CT molecular complexity index is 615. The average Bonchev–Trinajstić information content (AvgIpc) is 2.77. The molecule has 0 saturated heterocycles. The van der Waals surface area contributed by atoms with Gasteiger partial charge in [0, 0.05) is 23.3 Å². The highest BCUT2D eigenvalue weighted by molar-refractivity contribution is 7.14. The maximum atomic E-state index is 11.6. The van der Waals surface area contributed by atoms with Gasteiger partial charge in [0.05, 0.1) is 5.56 Å². The highest BCUT2D eigenvalue weighted by Gasteiger charge is 2.09. The average molecular weight is 250 g/mol. The van der Waals surface area contributed by atoms with Gasteiger partial charge in [0.15, 0.2) is 5.13 Å². The van der Waals surface area contributed by atoms with E-state index in [-0.39, 0.29) is 11.1 Å². The Labute approximate surface area is 101 Å². The molecule has 0 amide bonds. The number of hydrogen-bond donors (Lipinski definition) is 1. The van der Waals surface area contributed by atoms with E-state index in [4.69, 9.17) is 5.11 Å². The van der Waals surface area contributed by atoms with Crippen molar-refractivity contribution in [2.45, 2.75) is 13.3 Å². The summed E-state index contributed by atoms with van der Waals surface area (Å²) in [7, 11) is 0. The smallest absolute Gasteiger partial charge is 0.337 e. The van der Waals surface area contributed by atoms with Crippen LogP contribution in [0, 0.1) is 0 Å². The number of carboxylic acids is 1. The zero-order valence-electron chi connectivity index (χ0n) is 9.08. The summed E-state index contributed by atoms with van der Waals surface area (Å²) in [5.74, 6) is -1.06. The van der Waals surface area contributed by atoms with E-state index in [0.717, 1.165) is 11.3 Å². The normalized spacial score (nSPS) is 10.4. The first-order valence-electron chi connectivity index (χ1n) is 5.03. The minimum absolute atomic E-state index is 0.0675. The van der Waals surface area contributed by atoms with Crippen molar-refractivity contribution in [2.75, 3.05) is 0 Å². The van der Waals surface area contributed by atoms with Crippen LogP contribution in [0.2, 0.25) is 0 Å². The van der Waals surface area contributed by atoms with Crippen LogP contribution >= 0.6 is 11.3 Å². The lowest BCUT2D eigenvalue weighted by Crippen LogP contribution is -2.18. The summed E-state index contributed by atoms with van der Waals surface area (Å²) in [6.07, 6.45) is 3.83. The van der Waals surface area contributed by atoms with Crippen molar-refractivity contribution in [3.8, 4) is 5.13 Å². The fourth-order valence-corrected chi connectivity index (χ4v) is 2.17. The Morgan fingerprint density at radius 2 is 2.29 bits per heavy atom. The number of rotatable bonds is 3. The largest absolute Gasteiger partial charge is 0.478 e. The molecule has 0 bridgehead atoms. The van der Waals surface area contributed by atoms with Gasteiger partial charge in [-0.2, -0.15) is 0 Å². The first-order chi connectivity index (χ1) is 8.11. The molecule has 2 rings (SSSR count). The molecule has 0 fully saturated rings. The van der Waals surface area contributed by atoms with Crippen molar-refractivity contribution in [1.29, 1.82) is 0 Å². The number of aromatic carboxylic acids is 1. The molecule has 88 valence electrons. The van der Waals surface area contributed by atoms with E-state index in [0.29, 0.717) is 5.13 Å². The quantitative estimate of drug-likeness (QED) is 0.897. The molecular weight excluding hydrogens is 240 g/mol. The van der Waals surface area contributed by atoms with E-state index >= 15 is 0 Å². The van der Waals surface area contributed by atoms with E-state index < -0.39 is 5.97 Å². The molecule has 2 aromatic rings. The molecule has 6 heteroatoms.